The highest BCUT2D eigenvalue weighted by atomic mass is 16.7. The fraction of sp³-hybridized carbons (Fsp3) is 0.714. The largest absolute Gasteiger partial charge is 0.348 e. The molecule has 1 saturated heterocycles. The molecule has 2 fully saturated rings. The molecule has 1 spiro atoms. The van der Waals surface area contributed by atoms with Gasteiger partial charge in [0.05, 0.1) is 30.3 Å². The molecule has 1 aromatic rings. The average molecular weight is 279 g/mol. The molecule has 0 unspecified atom stereocenters. The van der Waals surface area contributed by atoms with E-state index in [4.69, 9.17) is 9.47 Å². The molecule has 0 atom stereocenters. The predicted octanol–water partition coefficient (Wildman–Crippen LogP) is 1.90. The van der Waals surface area contributed by atoms with Crippen LogP contribution in [0.4, 0.5) is 5.69 Å². The normalized spacial score (nSPS) is 22.3. The van der Waals surface area contributed by atoms with E-state index in [1.807, 2.05) is 13.8 Å². The van der Waals surface area contributed by atoms with Crippen LogP contribution in [-0.2, 0) is 14.3 Å². The van der Waals surface area contributed by atoms with Crippen molar-refractivity contribution < 1.29 is 14.3 Å². The van der Waals surface area contributed by atoms with Gasteiger partial charge in [0, 0.05) is 18.8 Å². The van der Waals surface area contributed by atoms with E-state index in [0.29, 0.717) is 13.2 Å². The van der Waals surface area contributed by atoms with E-state index in [9.17, 15) is 4.79 Å². The Labute approximate surface area is 118 Å². The van der Waals surface area contributed by atoms with Crippen molar-refractivity contribution in [3.63, 3.8) is 0 Å². The number of aromatic amines is 1. The van der Waals surface area contributed by atoms with Crippen molar-refractivity contribution in [3.05, 3.63) is 11.4 Å². The number of carbonyl (C=O) groups excluding carboxylic acids is 1. The highest BCUT2D eigenvalue weighted by Crippen LogP contribution is 2.38. The number of aromatic nitrogens is 2. The Balaban J connectivity index is 1.59. The summed E-state index contributed by atoms with van der Waals surface area (Å²) in [6.45, 7) is 5.13. The van der Waals surface area contributed by atoms with Gasteiger partial charge in [-0.1, -0.05) is 0 Å². The van der Waals surface area contributed by atoms with Crippen LogP contribution >= 0.6 is 0 Å². The van der Waals surface area contributed by atoms with Gasteiger partial charge in [-0.05, 0) is 26.7 Å². The predicted molar refractivity (Wildman–Crippen MR) is 73.3 cm³/mol. The molecule has 2 N–H and O–H groups in total. The van der Waals surface area contributed by atoms with Gasteiger partial charge in [0.1, 0.15) is 0 Å². The van der Waals surface area contributed by atoms with E-state index >= 15 is 0 Å². The number of aryl methyl sites for hydroxylation is 2. The minimum atomic E-state index is -0.405. The summed E-state index contributed by atoms with van der Waals surface area (Å²) in [4.78, 5) is 12.3. The van der Waals surface area contributed by atoms with Crippen molar-refractivity contribution in [3.8, 4) is 0 Å². The van der Waals surface area contributed by atoms with Gasteiger partial charge < -0.3 is 14.8 Å². The van der Waals surface area contributed by atoms with Gasteiger partial charge in [0.2, 0.25) is 5.91 Å². The number of hydrogen-bond donors (Lipinski definition) is 2. The maximum absolute atomic E-state index is 12.3. The molecule has 1 aliphatic heterocycles. The smallest absolute Gasteiger partial charge is 0.227 e. The lowest BCUT2D eigenvalue weighted by atomic mass is 9.84. The average Bonchev–Trinajstić information content (AvgIpc) is 3.02. The van der Waals surface area contributed by atoms with E-state index < -0.39 is 5.79 Å². The van der Waals surface area contributed by atoms with E-state index in [2.05, 4.69) is 15.5 Å². The van der Waals surface area contributed by atoms with E-state index in [1.54, 1.807) is 0 Å². The summed E-state index contributed by atoms with van der Waals surface area (Å²) in [6, 6.07) is 0. The molecule has 0 aromatic carbocycles. The molecular formula is C14H21N3O3. The number of amides is 1. The van der Waals surface area contributed by atoms with Gasteiger partial charge in [-0.2, -0.15) is 5.10 Å². The van der Waals surface area contributed by atoms with Crippen molar-refractivity contribution in [2.75, 3.05) is 18.5 Å². The molecule has 110 valence electrons. The summed E-state index contributed by atoms with van der Waals surface area (Å²) in [5.41, 5.74) is 2.53. The number of nitrogens with zero attached hydrogens (tertiary/aromatic N) is 1. The van der Waals surface area contributed by atoms with Crippen molar-refractivity contribution >= 4 is 11.6 Å². The molecule has 0 radical (unpaired) electrons. The standard InChI is InChI=1S/C14H21N3O3/c1-9-12(10(2)17-16-9)15-13(18)11-3-5-14(6-4-11)19-7-8-20-14/h11H,3-8H2,1-2H3,(H,15,18)(H,16,17). The summed E-state index contributed by atoms with van der Waals surface area (Å²) in [5, 5.41) is 9.97. The third-order valence-electron chi connectivity index (χ3n) is 4.31. The Hall–Kier alpha value is -1.40. The number of nitrogens with one attached hydrogen (secondary N) is 2. The second kappa shape index (κ2) is 5.18. The quantitative estimate of drug-likeness (QED) is 0.867. The Morgan fingerprint density at radius 3 is 2.50 bits per heavy atom. The Morgan fingerprint density at radius 1 is 1.30 bits per heavy atom. The van der Waals surface area contributed by atoms with Gasteiger partial charge in [0.25, 0.3) is 0 Å². The molecular weight excluding hydrogens is 258 g/mol. The summed E-state index contributed by atoms with van der Waals surface area (Å²) >= 11 is 0. The van der Waals surface area contributed by atoms with Crippen LogP contribution in [0.3, 0.4) is 0 Å². The number of H-pyrrole nitrogens is 1. The van der Waals surface area contributed by atoms with E-state index in [-0.39, 0.29) is 11.8 Å². The topological polar surface area (TPSA) is 76.2 Å². The third-order valence-corrected chi connectivity index (χ3v) is 4.31. The van der Waals surface area contributed by atoms with Crippen LogP contribution in [0.15, 0.2) is 0 Å². The number of carbonyl (C=O) groups is 1. The zero-order valence-electron chi connectivity index (χ0n) is 12.0. The first kappa shape index (κ1) is 13.6. The van der Waals surface area contributed by atoms with Gasteiger partial charge in [-0.15, -0.1) is 0 Å². The first-order valence-electron chi connectivity index (χ1n) is 7.20. The molecule has 1 saturated carbocycles. The molecule has 6 nitrogen and oxygen atoms in total. The number of anilines is 1. The molecule has 6 heteroatoms. The highest BCUT2D eigenvalue weighted by Gasteiger charge is 2.41. The zero-order chi connectivity index (χ0) is 14.2. The molecule has 2 heterocycles. The van der Waals surface area contributed by atoms with Crippen LogP contribution in [0.1, 0.15) is 37.1 Å². The second-order valence-corrected chi connectivity index (χ2v) is 5.68. The Kier molecular flexibility index (Phi) is 3.52. The third kappa shape index (κ3) is 2.45. The monoisotopic (exact) mass is 279 g/mol. The molecule has 1 aromatic heterocycles. The fourth-order valence-corrected chi connectivity index (χ4v) is 3.07. The van der Waals surface area contributed by atoms with E-state index in [0.717, 1.165) is 42.8 Å². The molecule has 3 rings (SSSR count). The number of ether oxygens (including phenoxy) is 2. The maximum atomic E-state index is 12.3. The Bertz CT molecular complexity index is 476. The molecule has 1 amide bonds. The van der Waals surface area contributed by atoms with Crippen LogP contribution < -0.4 is 5.32 Å². The second-order valence-electron chi connectivity index (χ2n) is 5.68. The van der Waals surface area contributed by atoms with Gasteiger partial charge in [-0.3, -0.25) is 9.89 Å². The summed E-state index contributed by atoms with van der Waals surface area (Å²) in [5.74, 6) is -0.300. The summed E-state index contributed by atoms with van der Waals surface area (Å²) in [6.07, 6.45) is 3.21. The summed E-state index contributed by atoms with van der Waals surface area (Å²) in [7, 11) is 0. The van der Waals surface area contributed by atoms with Gasteiger partial charge >= 0.3 is 0 Å². The van der Waals surface area contributed by atoms with Crippen molar-refractivity contribution in [1.82, 2.24) is 10.2 Å². The van der Waals surface area contributed by atoms with Crippen LogP contribution in [0.25, 0.3) is 0 Å². The van der Waals surface area contributed by atoms with Gasteiger partial charge in [-0.25, -0.2) is 0 Å². The Morgan fingerprint density at radius 2 is 1.95 bits per heavy atom. The lowest BCUT2D eigenvalue weighted by Crippen LogP contribution is -2.38. The lowest BCUT2D eigenvalue weighted by Gasteiger charge is -2.34. The molecule has 1 aliphatic carbocycles. The van der Waals surface area contributed by atoms with Gasteiger partial charge in [0.15, 0.2) is 5.79 Å². The zero-order valence-corrected chi connectivity index (χ0v) is 12.0. The highest BCUT2D eigenvalue weighted by molar-refractivity contribution is 5.93. The minimum Gasteiger partial charge on any atom is -0.348 e. The van der Waals surface area contributed by atoms with Crippen molar-refractivity contribution in [2.45, 2.75) is 45.3 Å². The SMILES string of the molecule is Cc1n[nH]c(C)c1NC(=O)C1CCC2(CC1)OCCO2. The van der Waals surface area contributed by atoms with E-state index in [1.165, 1.54) is 0 Å². The molecule has 0 bridgehead atoms. The van der Waals surface area contributed by atoms with Crippen molar-refractivity contribution in [1.29, 1.82) is 0 Å². The maximum Gasteiger partial charge on any atom is 0.227 e. The molecule has 2 aliphatic rings. The van der Waals surface area contributed by atoms with Crippen molar-refractivity contribution in [2.24, 2.45) is 5.92 Å². The molecule has 20 heavy (non-hydrogen) atoms. The van der Waals surface area contributed by atoms with Crippen LogP contribution in [0.2, 0.25) is 0 Å². The van der Waals surface area contributed by atoms with Crippen LogP contribution in [0.5, 0.6) is 0 Å². The first-order valence-corrected chi connectivity index (χ1v) is 7.20. The fourth-order valence-electron chi connectivity index (χ4n) is 3.07. The number of rotatable bonds is 2. The van der Waals surface area contributed by atoms with Crippen LogP contribution in [-0.4, -0.2) is 35.1 Å². The van der Waals surface area contributed by atoms with Crippen LogP contribution in [0, 0.1) is 19.8 Å². The lowest BCUT2D eigenvalue weighted by molar-refractivity contribution is -0.182. The number of hydrogen-bond acceptors (Lipinski definition) is 4. The first-order chi connectivity index (χ1) is 9.60. The summed E-state index contributed by atoms with van der Waals surface area (Å²) < 4.78 is 11.4. The minimum absolute atomic E-state index is 0.0297.